The summed E-state index contributed by atoms with van der Waals surface area (Å²) in [5.41, 5.74) is 0.231. The Labute approximate surface area is 203 Å². The minimum absolute atomic E-state index is 0.0884. The number of hydrogen-bond donors (Lipinski definition) is 3. The zero-order chi connectivity index (χ0) is 25.1. The summed E-state index contributed by atoms with van der Waals surface area (Å²) in [6, 6.07) is 14.8. The normalized spacial score (nSPS) is 21.5. The van der Waals surface area contributed by atoms with Crippen molar-refractivity contribution in [2.45, 2.75) is 41.9 Å². The number of carbonyl (C=O) groups is 2. The molecule has 35 heavy (non-hydrogen) atoms. The number of aliphatic carboxylic acids is 1. The monoisotopic (exact) mass is 498 g/mol. The molecule has 1 amide bonds. The molecule has 184 valence electrons. The molecule has 0 bridgehead atoms. The first-order valence-corrected chi connectivity index (χ1v) is 12.7. The zero-order valence-electron chi connectivity index (χ0n) is 18.8. The van der Waals surface area contributed by atoms with Gasteiger partial charge in [0, 0.05) is 12.1 Å². The van der Waals surface area contributed by atoms with E-state index in [1.807, 2.05) is 18.2 Å². The number of sulfone groups is 1. The molecule has 2 unspecified atom stereocenters. The minimum atomic E-state index is -4.32. The number of amides is 1. The standard InChI is InChI=1S/C25H26N2O7S/c28-22(29)17-21(24(23(30)27-31)13-4-5-14-24)25(15-6-16-26-25)35(32,33)20-11-9-19(10-12-20)34-18-7-2-1-3-8-18/h1-3,6-12,15-16,21,31H,4-5,13-14,17H2,(H,27,30)(H,28,29). The van der Waals surface area contributed by atoms with Crippen molar-refractivity contribution in [2.24, 2.45) is 16.3 Å². The van der Waals surface area contributed by atoms with E-state index in [1.54, 1.807) is 17.6 Å². The van der Waals surface area contributed by atoms with Gasteiger partial charge in [-0.1, -0.05) is 31.0 Å². The maximum Gasteiger partial charge on any atom is 0.303 e. The maximum absolute atomic E-state index is 14.1. The van der Waals surface area contributed by atoms with Crippen molar-refractivity contribution in [3.05, 3.63) is 66.7 Å². The molecule has 10 heteroatoms. The molecular weight excluding hydrogens is 472 g/mol. The molecule has 2 aromatic rings. The van der Waals surface area contributed by atoms with Gasteiger partial charge >= 0.3 is 5.97 Å². The highest BCUT2D eigenvalue weighted by Gasteiger charge is 2.61. The second kappa shape index (κ2) is 9.63. The van der Waals surface area contributed by atoms with Crippen LogP contribution in [-0.2, 0) is 19.4 Å². The van der Waals surface area contributed by atoms with Crippen LogP contribution < -0.4 is 10.2 Å². The Kier molecular flexibility index (Phi) is 6.77. The van der Waals surface area contributed by atoms with Crippen molar-refractivity contribution in [3.8, 4) is 11.5 Å². The van der Waals surface area contributed by atoms with E-state index >= 15 is 0 Å². The Hall–Kier alpha value is -3.50. The number of ether oxygens (including phenoxy) is 1. The van der Waals surface area contributed by atoms with Crippen LogP contribution in [0.25, 0.3) is 0 Å². The summed E-state index contributed by atoms with van der Waals surface area (Å²) in [6.07, 6.45) is 5.14. The molecule has 1 aliphatic heterocycles. The number of carboxylic acids is 1. The molecule has 0 radical (unpaired) electrons. The average Bonchev–Trinajstić information content (AvgIpc) is 3.55. The third-order valence-corrected chi connectivity index (χ3v) is 9.12. The van der Waals surface area contributed by atoms with Gasteiger partial charge < -0.3 is 9.84 Å². The van der Waals surface area contributed by atoms with Gasteiger partial charge in [0.1, 0.15) is 11.5 Å². The molecule has 1 saturated carbocycles. The van der Waals surface area contributed by atoms with Gasteiger partial charge in [0.05, 0.1) is 16.7 Å². The van der Waals surface area contributed by atoms with Gasteiger partial charge in [0.2, 0.25) is 15.7 Å². The van der Waals surface area contributed by atoms with E-state index in [4.69, 9.17) is 4.74 Å². The molecule has 9 nitrogen and oxygen atoms in total. The predicted octanol–water partition coefficient (Wildman–Crippen LogP) is 3.75. The first-order valence-electron chi connectivity index (χ1n) is 11.2. The highest BCUT2D eigenvalue weighted by Crippen LogP contribution is 2.54. The topological polar surface area (TPSA) is 142 Å². The van der Waals surface area contributed by atoms with Crippen LogP contribution in [0.3, 0.4) is 0 Å². The number of benzene rings is 2. The number of hydrogen-bond acceptors (Lipinski definition) is 7. The summed E-state index contributed by atoms with van der Waals surface area (Å²) >= 11 is 0. The number of hydroxylamine groups is 1. The third kappa shape index (κ3) is 4.35. The van der Waals surface area contributed by atoms with Crippen LogP contribution in [-0.4, -0.2) is 41.7 Å². The summed E-state index contributed by atoms with van der Waals surface area (Å²) in [4.78, 5) is 27.0. The minimum Gasteiger partial charge on any atom is -0.481 e. The van der Waals surface area contributed by atoms with E-state index in [-0.39, 0.29) is 17.7 Å². The Balaban J connectivity index is 1.77. The molecule has 4 rings (SSSR count). The van der Waals surface area contributed by atoms with Crippen molar-refractivity contribution in [1.82, 2.24) is 5.48 Å². The van der Waals surface area contributed by atoms with Crippen molar-refractivity contribution >= 4 is 27.9 Å². The predicted molar refractivity (Wildman–Crippen MR) is 127 cm³/mol. The lowest BCUT2D eigenvalue weighted by Crippen LogP contribution is -2.55. The van der Waals surface area contributed by atoms with Crippen molar-refractivity contribution < 1.29 is 33.1 Å². The lowest BCUT2D eigenvalue weighted by atomic mass is 9.68. The molecule has 2 atom stereocenters. The van der Waals surface area contributed by atoms with Crippen molar-refractivity contribution in [1.29, 1.82) is 0 Å². The van der Waals surface area contributed by atoms with Gasteiger partial charge in [0.25, 0.3) is 0 Å². The molecular formula is C25H26N2O7S. The lowest BCUT2D eigenvalue weighted by Gasteiger charge is -2.43. The van der Waals surface area contributed by atoms with Gasteiger partial charge in [-0.25, -0.2) is 13.9 Å². The van der Waals surface area contributed by atoms with Crippen LogP contribution in [0.15, 0.2) is 76.6 Å². The van der Waals surface area contributed by atoms with Gasteiger partial charge in [-0.05, 0) is 61.4 Å². The van der Waals surface area contributed by atoms with Crippen LogP contribution in [0.2, 0.25) is 0 Å². The Morgan fingerprint density at radius 1 is 1.03 bits per heavy atom. The molecule has 2 aromatic carbocycles. The van der Waals surface area contributed by atoms with Crippen LogP contribution in [0.5, 0.6) is 11.5 Å². The summed E-state index contributed by atoms with van der Waals surface area (Å²) in [5, 5.41) is 19.2. The number of carboxylic acid groups (broad SMARTS) is 1. The van der Waals surface area contributed by atoms with Gasteiger partial charge in [-0.15, -0.1) is 0 Å². The molecule has 0 spiro atoms. The number of allylic oxidation sites excluding steroid dienone is 1. The fraction of sp³-hybridized carbons (Fsp3) is 0.320. The SMILES string of the molecule is O=C(O)CC(C1(C(=O)NO)CCCC1)C1(S(=O)(=O)c2ccc(Oc3ccccc3)cc2)C=CC=N1. The van der Waals surface area contributed by atoms with E-state index < -0.39 is 44.3 Å². The number of carbonyl (C=O) groups excluding carboxylic acids is 1. The van der Waals surface area contributed by atoms with Crippen molar-refractivity contribution in [3.63, 3.8) is 0 Å². The molecule has 0 aromatic heterocycles. The fourth-order valence-electron chi connectivity index (χ4n) is 5.20. The van der Waals surface area contributed by atoms with E-state index in [1.165, 1.54) is 42.6 Å². The quantitative estimate of drug-likeness (QED) is 0.353. The molecule has 1 aliphatic carbocycles. The van der Waals surface area contributed by atoms with Crippen LogP contribution in [0.1, 0.15) is 32.1 Å². The number of aliphatic imine (C=N–C) groups is 1. The number of rotatable bonds is 9. The van der Waals surface area contributed by atoms with E-state index in [2.05, 4.69) is 4.99 Å². The molecule has 1 heterocycles. The number of nitrogens with zero attached hydrogens (tertiary/aromatic N) is 1. The second-order valence-electron chi connectivity index (χ2n) is 8.73. The van der Waals surface area contributed by atoms with E-state index in [9.17, 15) is 28.3 Å². The highest BCUT2D eigenvalue weighted by atomic mass is 32.2. The first kappa shape index (κ1) is 24.6. The fourth-order valence-corrected chi connectivity index (χ4v) is 7.21. The summed E-state index contributed by atoms with van der Waals surface area (Å²) in [6.45, 7) is 0. The highest BCUT2D eigenvalue weighted by molar-refractivity contribution is 7.93. The van der Waals surface area contributed by atoms with Gasteiger partial charge in [-0.3, -0.25) is 19.8 Å². The Bertz CT molecular complexity index is 1240. The smallest absolute Gasteiger partial charge is 0.303 e. The lowest BCUT2D eigenvalue weighted by molar-refractivity contribution is -0.147. The number of nitrogens with one attached hydrogen (secondary N) is 1. The molecule has 0 saturated heterocycles. The molecule has 2 aliphatic rings. The number of para-hydroxylation sites is 1. The van der Waals surface area contributed by atoms with Gasteiger partial charge in [0.15, 0.2) is 4.87 Å². The van der Waals surface area contributed by atoms with E-state index in [0.29, 0.717) is 24.3 Å². The summed E-state index contributed by atoms with van der Waals surface area (Å²) in [5.74, 6) is -2.30. The third-order valence-electron chi connectivity index (χ3n) is 6.84. The second-order valence-corrected chi connectivity index (χ2v) is 10.9. The molecule has 1 fully saturated rings. The first-order chi connectivity index (χ1) is 16.7. The summed E-state index contributed by atoms with van der Waals surface area (Å²) in [7, 11) is -4.32. The van der Waals surface area contributed by atoms with Crippen molar-refractivity contribution in [2.75, 3.05) is 0 Å². The maximum atomic E-state index is 14.1. The van der Waals surface area contributed by atoms with Crippen LogP contribution >= 0.6 is 0 Å². The Morgan fingerprint density at radius 2 is 1.66 bits per heavy atom. The largest absolute Gasteiger partial charge is 0.481 e. The average molecular weight is 499 g/mol. The van der Waals surface area contributed by atoms with Gasteiger partial charge in [-0.2, -0.15) is 0 Å². The zero-order valence-corrected chi connectivity index (χ0v) is 19.6. The van der Waals surface area contributed by atoms with Crippen LogP contribution in [0.4, 0.5) is 0 Å². The Morgan fingerprint density at radius 3 is 2.20 bits per heavy atom. The van der Waals surface area contributed by atoms with Crippen LogP contribution in [0, 0.1) is 11.3 Å². The molecule has 3 N–H and O–H groups in total. The van der Waals surface area contributed by atoms with E-state index in [0.717, 1.165) is 0 Å². The summed E-state index contributed by atoms with van der Waals surface area (Å²) < 4.78 is 33.9.